The van der Waals surface area contributed by atoms with Crippen molar-refractivity contribution in [3.8, 4) is 11.4 Å². The smallest absolute Gasteiger partial charge is 0.287 e. The van der Waals surface area contributed by atoms with E-state index in [0.29, 0.717) is 23.6 Å². The number of hydrogen-bond acceptors (Lipinski definition) is 3. The first-order valence-corrected chi connectivity index (χ1v) is 9.30. The van der Waals surface area contributed by atoms with E-state index in [1.807, 2.05) is 55.5 Å². The van der Waals surface area contributed by atoms with Gasteiger partial charge in [0.25, 0.3) is 0 Å². The predicted molar refractivity (Wildman–Crippen MR) is 110 cm³/mol. The number of hydrogen-bond donors (Lipinski definition) is 0. The molecule has 0 bridgehead atoms. The third kappa shape index (κ3) is 2.89. The minimum Gasteiger partial charge on any atom is -0.287 e. The van der Waals surface area contributed by atoms with Crippen LogP contribution in [0.5, 0.6) is 0 Å². The zero-order valence-corrected chi connectivity index (χ0v) is 15.7. The maximum atomic E-state index is 13.3. The second-order valence-corrected chi connectivity index (χ2v) is 6.99. The normalized spacial score (nSPS) is 11.4. The van der Waals surface area contributed by atoms with Gasteiger partial charge in [-0.05, 0) is 54.4 Å². The lowest BCUT2D eigenvalue weighted by Gasteiger charge is -2.12. The van der Waals surface area contributed by atoms with Crippen LogP contribution >= 0.6 is 0 Å². The first-order valence-electron chi connectivity index (χ1n) is 9.30. The highest BCUT2D eigenvalue weighted by Gasteiger charge is 2.16. The van der Waals surface area contributed by atoms with E-state index in [9.17, 15) is 9.18 Å². The molecule has 0 atom stereocenters. The Morgan fingerprint density at radius 3 is 2.45 bits per heavy atom. The Balaban J connectivity index is 1.77. The molecule has 0 saturated carbocycles. The van der Waals surface area contributed by atoms with Crippen molar-refractivity contribution in [2.45, 2.75) is 13.5 Å². The molecule has 5 aromatic rings. The summed E-state index contributed by atoms with van der Waals surface area (Å²) in [5, 5.41) is 5.27. The van der Waals surface area contributed by atoms with Crippen molar-refractivity contribution in [3.05, 3.63) is 100 Å². The van der Waals surface area contributed by atoms with E-state index < -0.39 is 0 Å². The van der Waals surface area contributed by atoms with Crippen molar-refractivity contribution in [2.24, 2.45) is 0 Å². The number of para-hydroxylation sites is 1. The SMILES string of the molecule is Cc1ccccc1Cn1c(=O)n2nc(-c3ccc(F)cc3)nc2c2ccccc21. The summed E-state index contributed by atoms with van der Waals surface area (Å²) >= 11 is 0. The summed E-state index contributed by atoms with van der Waals surface area (Å²) < 4.78 is 16.3. The Kier molecular flexibility index (Phi) is 3.98. The molecule has 0 aliphatic heterocycles. The van der Waals surface area contributed by atoms with Crippen LogP contribution in [-0.4, -0.2) is 19.2 Å². The van der Waals surface area contributed by atoms with E-state index in [0.717, 1.165) is 22.0 Å². The third-order valence-corrected chi connectivity index (χ3v) is 5.15. The molecule has 0 N–H and O–H groups in total. The number of aryl methyl sites for hydroxylation is 1. The summed E-state index contributed by atoms with van der Waals surface area (Å²) in [5.41, 5.74) is 3.87. The maximum absolute atomic E-state index is 13.3. The molecule has 142 valence electrons. The summed E-state index contributed by atoms with van der Waals surface area (Å²) in [6.45, 7) is 2.47. The lowest BCUT2D eigenvalue weighted by atomic mass is 10.1. The highest BCUT2D eigenvalue weighted by molar-refractivity contribution is 5.91. The van der Waals surface area contributed by atoms with Gasteiger partial charge in [-0.2, -0.15) is 4.52 Å². The lowest BCUT2D eigenvalue weighted by Crippen LogP contribution is -2.28. The fourth-order valence-corrected chi connectivity index (χ4v) is 3.57. The maximum Gasteiger partial charge on any atom is 0.351 e. The standard InChI is InChI=1S/C23H17FN4O/c1-15-6-2-3-7-17(15)14-27-20-9-5-4-8-19(20)22-25-21(26-28(22)23(27)29)16-10-12-18(24)13-11-16/h2-13H,14H2,1H3. The molecule has 0 fully saturated rings. The van der Waals surface area contributed by atoms with Gasteiger partial charge in [-0.15, -0.1) is 5.10 Å². The van der Waals surface area contributed by atoms with Gasteiger partial charge in [-0.25, -0.2) is 14.2 Å². The molecule has 0 aliphatic rings. The first-order chi connectivity index (χ1) is 14.1. The van der Waals surface area contributed by atoms with Crippen molar-refractivity contribution in [1.82, 2.24) is 19.2 Å². The van der Waals surface area contributed by atoms with E-state index in [2.05, 4.69) is 10.1 Å². The minimum absolute atomic E-state index is 0.261. The molecule has 29 heavy (non-hydrogen) atoms. The summed E-state index contributed by atoms with van der Waals surface area (Å²) in [6, 6.07) is 21.6. The average Bonchev–Trinajstić information content (AvgIpc) is 3.19. The molecule has 5 nitrogen and oxygen atoms in total. The Labute approximate surface area is 165 Å². The Hall–Kier alpha value is -3.80. The average molecular weight is 384 g/mol. The van der Waals surface area contributed by atoms with Crippen molar-refractivity contribution >= 4 is 16.6 Å². The molecule has 6 heteroatoms. The third-order valence-electron chi connectivity index (χ3n) is 5.15. The van der Waals surface area contributed by atoms with Gasteiger partial charge in [-0.1, -0.05) is 36.4 Å². The van der Waals surface area contributed by atoms with Gasteiger partial charge in [-0.3, -0.25) is 4.57 Å². The molecular formula is C23H17FN4O. The van der Waals surface area contributed by atoms with E-state index >= 15 is 0 Å². The van der Waals surface area contributed by atoms with Crippen LogP contribution in [0.15, 0.2) is 77.6 Å². The molecule has 3 aromatic carbocycles. The molecular weight excluding hydrogens is 367 g/mol. The number of rotatable bonds is 3. The van der Waals surface area contributed by atoms with Crippen LogP contribution in [0.3, 0.4) is 0 Å². The molecule has 2 heterocycles. The van der Waals surface area contributed by atoms with Gasteiger partial charge in [0.05, 0.1) is 12.1 Å². The Morgan fingerprint density at radius 2 is 1.66 bits per heavy atom. The van der Waals surface area contributed by atoms with Crippen LogP contribution in [0.4, 0.5) is 4.39 Å². The quantitative estimate of drug-likeness (QED) is 0.468. The molecule has 0 amide bonds. The molecule has 0 radical (unpaired) electrons. The van der Waals surface area contributed by atoms with E-state index in [-0.39, 0.29) is 11.5 Å². The largest absolute Gasteiger partial charge is 0.351 e. The molecule has 2 aromatic heterocycles. The number of aromatic nitrogens is 4. The predicted octanol–water partition coefficient (Wildman–Crippen LogP) is 4.21. The van der Waals surface area contributed by atoms with E-state index in [1.165, 1.54) is 16.6 Å². The number of halogens is 1. The highest BCUT2D eigenvalue weighted by atomic mass is 19.1. The van der Waals surface area contributed by atoms with Crippen LogP contribution < -0.4 is 5.69 Å². The highest BCUT2D eigenvalue weighted by Crippen LogP contribution is 2.22. The summed E-state index contributed by atoms with van der Waals surface area (Å²) in [4.78, 5) is 17.9. The van der Waals surface area contributed by atoms with E-state index in [1.54, 1.807) is 16.7 Å². The topological polar surface area (TPSA) is 52.2 Å². The number of fused-ring (bicyclic) bond motifs is 3. The van der Waals surface area contributed by atoms with Crippen molar-refractivity contribution in [2.75, 3.05) is 0 Å². The van der Waals surface area contributed by atoms with Gasteiger partial charge < -0.3 is 0 Å². The fraction of sp³-hybridized carbons (Fsp3) is 0.0870. The van der Waals surface area contributed by atoms with Gasteiger partial charge in [0.15, 0.2) is 11.5 Å². The van der Waals surface area contributed by atoms with E-state index in [4.69, 9.17) is 0 Å². The Bertz CT molecular complexity index is 1420. The monoisotopic (exact) mass is 384 g/mol. The van der Waals surface area contributed by atoms with Gasteiger partial charge in [0.1, 0.15) is 5.82 Å². The number of benzene rings is 3. The molecule has 0 saturated heterocycles. The van der Waals surface area contributed by atoms with Crippen LogP contribution in [0, 0.1) is 12.7 Å². The molecule has 0 spiro atoms. The minimum atomic E-state index is -0.330. The van der Waals surface area contributed by atoms with Gasteiger partial charge in [0, 0.05) is 10.9 Å². The van der Waals surface area contributed by atoms with Crippen LogP contribution in [0.1, 0.15) is 11.1 Å². The second kappa shape index (κ2) is 6.67. The fourth-order valence-electron chi connectivity index (χ4n) is 3.57. The summed E-state index contributed by atoms with van der Waals surface area (Å²) in [6.07, 6.45) is 0. The summed E-state index contributed by atoms with van der Waals surface area (Å²) in [7, 11) is 0. The van der Waals surface area contributed by atoms with Crippen molar-refractivity contribution in [1.29, 1.82) is 0 Å². The molecule has 5 rings (SSSR count). The summed E-state index contributed by atoms with van der Waals surface area (Å²) in [5.74, 6) is 0.0597. The lowest BCUT2D eigenvalue weighted by molar-refractivity contribution is 0.628. The van der Waals surface area contributed by atoms with Crippen molar-refractivity contribution in [3.63, 3.8) is 0 Å². The zero-order chi connectivity index (χ0) is 20.0. The van der Waals surface area contributed by atoms with Gasteiger partial charge >= 0.3 is 5.69 Å². The second-order valence-electron chi connectivity index (χ2n) is 6.99. The zero-order valence-electron chi connectivity index (χ0n) is 15.7. The van der Waals surface area contributed by atoms with Gasteiger partial charge in [0.2, 0.25) is 0 Å². The van der Waals surface area contributed by atoms with Crippen LogP contribution in [0.25, 0.3) is 27.9 Å². The van der Waals surface area contributed by atoms with Crippen molar-refractivity contribution < 1.29 is 4.39 Å². The molecule has 0 aliphatic carbocycles. The van der Waals surface area contributed by atoms with Crippen LogP contribution in [-0.2, 0) is 6.54 Å². The Morgan fingerprint density at radius 1 is 0.931 bits per heavy atom. The number of nitrogens with zero attached hydrogens (tertiary/aromatic N) is 4. The van der Waals surface area contributed by atoms with Crippen LogP contribution in [0.2, 0.25) is 0 Å². The first kappa shape index (κ1) is 17.3. The molecule has 0 unspecified atom stereocenters.